The van der Waals surface area contributed by atoms with E-state index in [1.807, 2.05) is 6.92 Å². The van der Waals surface area contributed by atoms with Gasteiger partial charge in [0, 0.05) is 13.1 Å². The van der Waals surface area contributed by atoms with Crippen molar-refractivity contribution in [3.05, 3.63) is 6.33 Å². The van der Waals surface area contributed by atoms with Crippen LogP contribution in [0.4, 0.5) is 11.6 Å². The fourth-order valence-electron chi connectivity index (χ4n) is 2.80. The Bertz CT molecular complexity index is 445. The molecule has 0 aliphatic heterocycles. The van der Waals surface area contributed by atoms with E-state index in [2.05, 4.69) is 20.6 Å². The van der Waals surface area contributed by atoms with E-state index < -0.39 is 5.60 Å². The Balaban J connectivity index is 2.06. The zero-order chi connectivity index (χ0) is 15.1. The molecule has 0 spiro atoms. The molecule has 1 aliphatic rings. The third-order valence-electron chi connectivity index (χ3n) is 3.97. The molecule has 1 aliphatic carbocycles. The predicted octanol–water partition coefficient (Wildman–Crippen LogP) is 2.41. The molecule has 3 N–H and O–H groups in total. The first kappa shape index (κ1) is 15.8. The van der Waals surface area contributed by atoms with Crippen molar-refractivity contribution in [3.63, 3.8) is 0 Å². The van der Waals surface area contributed by atoms with E-state index in [0.29, 0.717) is 23.9 Å². The van der Waals surface area contributed by atoms with Crippen molar-refractivity contribution in [2.24, 2.45) is 0 Å². The number of nitrogens with zero attached hydrogens (tertiary/aromatic N) is 2. The Labute approximate surface area is 126 Å². The summed E-state index contributed by atoms with van der Waals surface area (Å²) in [5, 5.41) is 17.1. The van der Waals surface area contributed by atoms with Gasteiger partial charge in [0.05, 0.1) is 12.7 Å². The van der Waals surface area contributed by atoms with Gasteiger partial charge in [-0.1, -0.05) is 25.7 Å². The Morgan fingerprint density at radius 1 is 1.14 bits per heavy atom. The van der Waals surface area contributed by atoms with Crippen molar-refractivity contribution in [3.8, 4) is 5.75 Å². The third-order valence-corrected chi connectivity index (χ3v) is 3.97. The molecule has 0 bridgehead atoms. The molecule has 6 nitrogen and oxygen atoms in total. The van der Waals surface area contributed by atoms with Crippen molar-refractivity contribution < 1.29 is 9.84 Å². The summed E-state index contributed by atoms with van der Waals surface area (Å²) in [5.74, 6) is 1.89. The lowest BCUT2D eigenvalue weighted by atomic mass is 9.94. The molecule has 0 aromatic carbocycles. The number of aliphatic hydroxyl groups is 1. The van der Waals surface area contributed by atoms with Gasteiger partial charge in [0.1, 0.15) is 6.33 Å². The number of anilines is 2. The van der Waals surface area contributed by atoms with Gasteiger partial charge in [0.25, 0.3) is 0 Å². The summed E-state index contributed by atoms with van der Waals surface area (Å²) in [4.78, 5) is 8.41. The summed E-state index contributed by atoms with van der Waals surface area (Å²) in [5.41, 5.74) is -0.648. The molecule has 0 atom stereocenters. The van der Waals surface area contributed by atoms with E-state index in [0.717, 1.165) is 32.2 Å². The predicted molar refractivity (Wildman–Crippen MR) is 83.9 cm³/mol. The van der Waals surface area contributed by atoms with Crippen LogP contribution in [0.3, 0.4) is 0 Å². The van der Waals surface area contributed by atoms with Crippen LogP contribution in [0.25, 0.3) is 0 Å². The van der Waals surface area contributed by atoms with Crippen LogP contribution in [0.2, 0.25) is 0 Å². The number of hydrogen-bond acceptors (Lipinski definition) is 6. The van der Waals surface area contributed by atoms with Gasteiger partial charge in [-0.2, -0.15) is 0 Å². The molecule has 21 heavy (non-hydrogen) atoms. The molecule has 0 saturated heterocycles. The lowest BCUT2D eigenvalue weighted by molar-refractivity contribution is 0.0380. The molecule has 0 amide bonds. The Hall–Kier alpha value is -1.56. The van der Waals surface area contributed by atoms with Crippen LogP contribution >= 0.6 is 0 Å². The van der Waals surface area contributed by atoms with Crippen LogP contribution in [-0.4, -0.2) is 40.9 Å². The molecule has 1 heterocycles. The second-order valence-electron chi connectivity index (χ2n) is 5.63. The molecule has 1 fully saturated rings. The molecule has 0 unspecified atom stereocenters. The van der Waals surface area contributed by atoms with Crippen molar-refractivity contribution in [1.29, 1.82) is 0 Å². The minimum absolute atomic E-state index is 0.492. The first-order valence-electron chi connectivity index (χ1n) is 7.77. The maximum absolute atomic E-state index is 10.7. The molecule has 0 radical (unpaired) electrons. The number of methoxy groups -OCH3 is 1. The van der Waals surface area contributed by atoms with E-state index in [4.69, 9.17) is 4.74 Å². The van der Waals surface area contributed by atoms with Crippen LogP contribution < -0.4 is 15.4 Å². The van der Waals surface area contributed by atoms with Gasteiger partial charge in [-0.3, -0.25) is 0 Å². The maximum Gasteiger partial charge on any atom is 0.204 e. The average molecular weight is 294 g/mol. The molecule has 1 aromatic rings. The van der Waals surface area contributed by atoms with Crippen LogP contribution in [0.5, 0.6) is 5.75 Å². The number of ether oxygens (including phenoxy) is 1. The minimum Gasteiger partial charge on any atom is -0.490 e. The Kier molecular flexibility index (Phi) is 5.61. The Morgan fingerprint density at radius 3 is 2.33 bits per heavy atom. The SMILES string of the molecule is CCNc1ncnc(NCC2(O)CCCCCC2)c1OC. The third kappa shape index (κ3) is 4.20. The smallest absolute Gasteiger partial charge is 0.204 e. The fraction of sp³-hybridized carbons (Fsp3) is 0.733. The topological polar surface area (TPSA) is 79.3 Å². The first-order valence-corrected chi connectivity index (χ1v) is 7.77. The van der Waals surface area contributed by atoms with Gasteiger partial charge < -0.3 is 20.5 Å². The highest BCUT2D eigenvalue weighted by atomic mass is 16.5. The maximum atomic E-state index is 10.7. The summed E-state index contributed by atoms with van der Waals surface area (Å²) in [6.45, 7) is 3.26. The molecular weight excluding hydrogens is 268 g/mol. The van der Waals surface area contributed by atoms with Gasteiger partial charge >= 0.3 is 0 Å². The zero-order valence-electron chi connectivity index (χ0n) is 13.0. The van der Waals surface area contributed by atoms with Crippen LogP contribution in [0, 0.1) is 0 Å². The highest BCUT2D eigenvalue weighted by Gasteiger charge is 2.28. The van der Waals surface area contributed by atoms with E-state index in [9.17, 15) is 5.11 Å². The summed E-state index contributed by atoms with van der Waals surface area (Å²) >= 11 is 0. The molecule has 118 valence electrons. The van der Waals surface area contributed by atoms with Crippen molar-refractivity contribution in [1.82, 2.24) is 9.97 Å². The van der Waals surface area contributed by atoms with Crippen LogP contribution in [0.15, 0.2) is 6.33 Å². The highest BCUT2D eigenvalue weighted by molar-refractivity contribution is 5.63. The van der Waals surface area contributed by atoms with Crippen molar-refractivity contribution >= 4 is 11.6 Å². The zero-order valence-corrected chi connectivity index (χ0v) is 13.0. The number of nitrogens with one attached hydrogen (secondary N) is 2. The normalized spacial score (nSPS) is 17.9. The summed E-state index contributed by atoms with van der Waals surface area (Å²) in [6, 6.07) is 0. The van der Waals surface area contributed by atoms with E-state index in [1.165, 1.54) is 19.2 Å². The van der Waals surface area contributed by atoms with Gasteiger partial charge in [0.2, 0.25) is 5.75 Å². The molecule has 1 aromatic heterocycles. The lowest BCUT2D eigenvalue weighted by Gasteiger charge is -2.27. The molecule has 2 rings (SSSR count). The fourth-order valence-corrected chi connectivity index (χ4v) is 2.80. The van der Waals surface area contributed by atoms with Crippen LogP contribution in [-0.2, 0) is 0 Å². The number of hydrogen-bond donors (Lipinski definition) is 3. The van der Waals surface area contributed by atoms with Gasteiger partial charge in [0.15, 0.2) is 11.6 Å². The average Bonchev–Trinajstić information content (AvgIpc) is 2.71. The number of aromatic nitrogens is 2. The second-order valence-corrected chi connectivity index (χ2v) is 5.63. The van der Waals surface area contributed by atoms with Gasteiger partial charge in [-0.05, 0) is 19.8 Å². The van der Waals surface area contributed by atoms with E-state index in [1.54, 1.807) is 7.11 Å². The molecule has 1 saturated carbocycles. The van der Waals surface area contributed by atoms with Gasteiger partial charge in [-0.15, -0.1) is 0 Å². The Morgan fingerprint density at radius 2 is 1.76 bits per heavy atom. The lowest BCUT2D eigenvalue weighted by Crippen LogP contribution is -2.36. The first-order chi connectivity index (χ1) is 10.2. The standard InChI is InChI=1S/C15H26N4O2/c1-3-16-13-12(21-2)14(19-11-18-13)17-10-15(20)8-6-4-5-7-9-15/h11,20H,3-10H2,1-2H3,(H2,16,17,18,19). The molecule has 6 heteroatoms. The van der Waals surface area contributed by atoms with E-state index in [-0.39, 0.29) is 0 Å². The molecular formula is C15H26N4O2. The monoisotopic (exact) mass is 294 g/mol. The number of rotatable bonds is 6. The van der Waals surface area contributed by atoms with Crippen molar-refractivity contribution in [2.75, 3.05) is 30.8 Å². The summed E-state index contributed by atoms with van der Waals surface area (Å²) < 4.78 is 5.39. The van der Waals surface area contributed by atoms with Crippen LogP contribution in [0.1, 0.15) is 45.4 Å². The summed E-state index contributed by atoms with van der Waals surface area (Å²) in [6.07, 6.45) is 7.78. The highest BCUT2D eigenvalue weighted by Crippen LogP contribution is 2.31. The van der Waals surface area contributed by atoms with Gasteiger partial charge in [-0.25, -0.2) is 9.97 Å². The van der Waals surface area contributed by atoms with E-state index >= 15 is 0 Å². The van der Waals surface area contributed by atoms with Crippen molar-refractivity contribution in [2.45, 2.75) is 51.0 Å². The largest absolute Gasteiger partial charge is 0.490 e. The minimum atomic E-state index is -0.648. The second kappa shape index (κ2) is 7.45. The summed E-state index contributed by atoms with van der Waals surface area (Å²) in [7, 11) is 1.60. The quantitative estimate of drug-likeness (QED) is 0.699.